The Labute approximate surface area is 119 Å². The monoisotopic (exact) mass is 269 g/mol. The molecular weight excluding hydrogens is 250 g/mol. The summed E-state index contributed by atoms with van der Waals surface area (Å²) in [6.07, 6.45) is 6.94. The molecule has 0 unspecified atom stereocenters. The maximum atomic E-state index is 11.9. The molecule has 0 aliphatic heterocycles. The van der Waals surface area contributed by atoms with E-state index in [-0.39, 0.29) is 5.91 Å². The Kier molecular flexibility index (Phi) is 4.35. The van der Waals surface area contributed by atoms with Gasteiger partial charge in [-0.1, -0.05) is 12.1 Å². The van der Waals surface area contributed by atoms with E-state index in [4.69, 9.17) is 0 Å². The van der Waals surface area contributed by atoms with Gasteiger partial charge in [-0.15, -0.1) is 0 Å². The fourth-order valence-electron chi connectivity index (χ4n) is 1.87. The highest BCUT2D eigenvalue weighted by Crippen LogP contribution is 2.17. The number of rotatable bonds is 4. The maximum absolute atomic E-state index is 11.9. The molecule has 0 aliphatic rings. The Morgan fingerprint density at radius 1 is 1.40 bits per heavy atom. The molecule has 0 aliphatic carbocycles. The molecule has 0 bridgehead atoms. The molecule has 4 nitrogen and oxygen atoms in total. The first-order valence-corrected chi connectivity index (χ1v) is 6.68. The van der Waals surface area contributed by atoms with Crippen LogP contribution >= 0.6 is 0 Å². The first kappa shape index (κ1) is 14.1. The fourth-order valence-corrected chi connectivity index (χ4v) is 1.87. The number of aromatic nitrogens is 2. The molecule has 1 heterocycles. The number of anilines is 1. The van der Waals surface area contributed by atoms with Crippen LogP contribution in [-0.2, 0) is 11.3 Å². The van der Waals surface area contributed by atoms with E-state index in [0.717, 1.165) is 28.9 Å². The third-order valence-corrected chi connectivity index (χ3v) is 3.27. The Morgan fingerprint density at radius 2 is 2.20 bits per heavy atom. The summed E-state index contributed by atoms with van der Waals surface area (Å²) in [7, 11) is 0. The Bertz CT molecular complexity index is 641. The van der Waals surface area contributed by atoms with Crippen LogP contribution in [-0.4, -0.2) is 15.7 Å². The highest BCUT2D eigenvalue weighted by molar-refractivity contribution is 6.02. The molecule has 0 saturated carbocycles. The number of hydrogen-bond donors (Lipinski definition) is 1. The van der Waals surface area contributed by atoms with Crippen LogP contribution in [0.2, 0.25) is 0 Å². The topological polar surface area (TPSA) is 46.9 Å². The normalized spacial score (nSPS) is 10.9. The lowest BCUT2D eigenvalue weighted by Crippen LogP contribution is -2.09. The minimum absolute atomic E-state index is 0.136. The molecule has 1 N–H and O–H groups in total. The first-order chi connectivity index (χ1) is 9.60. The summed E-state index contributed by atoms with van der Waals surface area (Å²) in [5.41, 5.74) is 4.02. The largest absolute Gasteiger partial charge is 0.322 e. The van der Waals surface area contributed by atoms with Crippen molar-refractivity contribution >= 4 is 17.7 Å². The van der Waals surface area contributed by atoms with Crippen LogP contribution in [0.4, 0.5) is 5.69 Å². The maximum Gasteiger partial charge on any atom is 0.248 e. The highest BCUT2D eigenvalue weighted by atomic mass is 16.1. The van der Waals surface area contributed by atoms with Crippen molar-refractivity contribution in [2.24, 2.45) is 0 Å². The zero-order valence-corrected chi connectivity index (χ0v) is 12.1. The van der Waals surface area contributed by atoms with E-state index >= 15 is 0 Å². The van der Waals surface area contributed by atoms with E-state index in [2.05, 4.69) is 10.4 Å². The molecule has 0 fully saturated rings. The second-order valence-corrected chi connectivity index (χ2v) is 4.70. The number of nitrogens with zero attached hydrogens (tertiary/aromatic N) is 2. The van der Waals surface area contributed by atoms with Crippen molar-refractivity contribution in [3.63, 3.8) is 0 Å². The first-order valence-electron chi connectivity index (χ1n) is 6.68. The number of benzene rings is 1. The van der Waals surface area contributed by atoms with Crippen LogP contribution in [0.1, 0.15) is 23.6 Å². The smallest absolute Gasteiger partial charge is 0.248 e. The Morgan fingerprint density at radius 3 is 2.90 bits per heavy atom. The van der Waals surface area contributed by atoms with Crippen LogP contribution in [0.15, 0.2) is 36.7 Å². The van der Waals surface area contributed by atoms with Crippen molar-refractivity contribution in [2.45, 2.75) is 27.3 Å². The van der Waals surface area contributed by atoms with Gasteiger partial charge in [0.2, 0.25) is 5.91 Å². The van der Waals surface area contributed by atoms with Crippen molar-refractivity contribution < 1.29 is 4.79 Å². The summed E-state index contributed by atoms with van der Waals surface area (Å²) >= 11 is 0. The molecule has 1 aromatic carbocycles. The summed E-state index contributed by atoms with van der Waals surface area (Å²) < 4.78 is 1.82. The van der Waals surface area contributed by atoms with E-state index in [0.29, 0.717) is 0 Å². The summed E-state index contributed by atoms with van der Waals surface area (Å²) in [5, 5.41) is 7.05. The van der Waals surface area contributed by atoms with Gasteiger partial charge in [-0.2, -0.15) is 5.10 Å². The average molecular weight is 269 g/mol. The molecule has 0 spiro atoms. The van der Waals surface area contributed by atoms with E-state index < -0.39 is 0 Å². The summed E-state index contributed by atoms with van der Waals surface area (Å²) in [4.78, 5) is 11.9. The molecule has 4 heteroatoms. The second kappa shape index (κ2) is 6.19. The Balaban J connectivity index is 2.03. The van der Waals surface area contributed by atoms with Gasteiger partial charge in [0.15, 0.2) is 0 Å². The summed E-state index contributed by atoms with van der Waals surface area (Å²) in [6, 6.07) is 5.87. The van der Waals surface area contributed by atoms with Gasteiger partial charge in [0, 0.05) is 30.1 Å². The van der Waals surface area contributed by atoms with Gasteiger partial charge < -0.3 is 5.32 Å². The molecular formula is C16H19N3O. The van der Waals surface area contributed by atoms with Gasteiger partial charge in [0.1, 0.15) is 0 Å². The van der Waals surface area contributed by atoms with Gasteiger partial charge in [0.05, 0.1) is 6.20 Å². The quantitative estimate of drug-likeness (QED) is 0.867. The van der Waals surface area contributed by atoms with Crippen LogP contribution in [0, 0.1) is 13.8 Å². The number of carbonyl (C=O) groups is 1. The van der Waals surface area contributed by atoms with E-state index in [1.54, 1.807) is 12.3 Å². The average Bonchev–Trinajstić information content (AvgIpc) is 2.90. The number of aryl methyl sites for hydroxylation is 2. The van der Waals surface area contributed by atoms with Gasteiger partial charge in [-0.05, 0) is 44.0 Å². The van der Waals surface area contributed by atoms with Crippen molar-refractivity contribution in [2.75, 3.05) is 5.32 Å². The Hall–Kier alpha value is -2.36. The molecule has 0 saturated heterocycles. The standard InChI is InChI=1S/C16H19N3O/c1-4-19-11-14(10-17-19)8-9-16(20)18-15-7-5-6-12(2)13(15)3/h5-11H,4H2,1-3H3,(H,18,20)/b9-8+. The summed E-state index contributed by atoms with van der Waals surface area (Å²) in [6.45, 7) is 6.87. The minimum atomic E-state index is -0.136. The summed E-state index contributed by atoms with van der Waals surface area (Å²) in [5.74, 6) is -0.136. The lowest BCUT2D eigenvalue weighted by atomic mass is 10.1. The van der Waals surface area contributed by atoms with Crippen LogP contribution in [0.5, 0.6) is 0 Å². The molecule has 0 atom stereocenters. The molecule has 2 aromatic rings. The third-order valence-electron chi connectivity index (χ3n) is 3.27. The molecule has 104 valence electrons. The predicted octanol–water partition coefficient (Wildman–Crippen LogP) is 3.17. The van der Waals surface area contributed by atoms with Gasteiger partial charge in [-0.3, -0.25) is 9.48 Å². The zero-order chi connectivity index (χ0) is 14.5. The lowest BCUT2D eigenvalue weighted by molar-refractivity contribution is -0.111. The zero-order valence-electron chi connectivity index (χ0n) is 12.1. The van der Waals surface area contributed by atoms with E-state index in [1.807, 2.05) is 49.8 Å². The molecule has 1 amide bonds. The number of nitrogens with one attached hydrogen (secondary N) is 1. The van der Waals surface area contributed by atoms with Gasteiger partial charge >= 0.3 is 0 Å². The number of amides is 1. The van der Waals surface area contributed by atoms with Crippen LogP contribution in [0.25, 0.3) is 6.08 Å². The predicted molar refractivity (Wildman–Crippen MR) is 81.5 cm³/mol. The highest BCUT2D eigenvalue weighted by Gasteiger charge is 2.03. The van der Waals surface area contributed by atoms with Crippen LogP contribution < -0.4 is 5.32 Å². The van der Waals surface area contributed by atoms with E-state index in [9.17, 15) is 4.79 Å². The van der Waals surface area contributed by atoms with Crippen LogP contribution in [0.3, 0.4) is 0 Å². The van der Waals surface area contributed by atoms with E-state index in [1.165, 1.54) is 6.08 Å². The third kappa shape index (κ3) is 3.35. The van der Waals surface area contributed by atoms with Gasteiger partial charge in [-0.25, -0.2) is 0 Å². The number of carbonyl (C=O) groups excluding carboxylic acids is 1. The van der Waals surface area contributed by atoms with Crippen molar-refractivity contribution in [3.8, 4) is 0 Å². The fraction of sp³-hybridized carbons (Fsp3) is 0.250. The van der Waals surface area contributed by atoms with Crippen molar-refractivity contribution in [3.05, 3.63) is 53.4 Å². The van der Waals surface area contributed by atoms with Gasteiger partial charge in [0.25, 0.3) is 0 Å². The lowest BCUT2D eigenvalue weighted by Gasteiger charge is -2.08. The SMILES string of the molecule is CCn1cc(/C=C/C(=O)Nc2cccc(C)c2C)cn1. The number of hydrogen-bond acceptors (Lipinski definition) is 2. The molecule has 1 aromatic heterocycles. The second-order valence-electron chi connectivity index (χ2n) is 4.70. The minimum Gasteiger partial charge on any atom is -0.322 e. The van der Waals surface area contributed by atoms with Crippen molar-refractivity contribution in [1.82, 2.24) is 9.78 Å². The van der Waals surface area contributed by atoms with Crippen molar-refractivity contribution in [1.29, 1.82) is 0 Å². The molecule has 20 heavy (non-hydrogen) atoms. The molecule has 0 radical (unpaired) electrons. The molecule has 2 rings (SSSR count).